The molecule has 2 N–H and O–H groups in total. The Labute approximate surface area is 83.2 Å². The van der Waals surface area contributed by atoms with E-state index >= 15 is 0 Å². The number of hydrogen-bond acceptors (Lipinski definition) is 2. The van der Waals surface area contributed by atoms with Gasteiger partial charge in [0.05, 0.1) is 0 Å². The van der Waals surface area contributed by atoms with Crippen molar-refractivity contribution in [2.45, 2.75) is 19.6 Å². The zero-order valence-electron chi connectivity index (χ0n) is 8.16. The average molecular weight is 195 g/mol. The molecule has 0 radical (unpaired) electrons. The van der Waals surface area contributed by atoms with E-state index in [0.717, 1.165) is 0 Å². The van der Waals surface area contributed by atoms with E-state index < -0.39 is 0 Å². The predicted octanol–water partition coefficient (Wildman–Crippen LogP) is 2.24. The van der Waals surface area contributed by atoms with Crippen LogP contribution in [0.5, 0.6) is 5.75 Å². The van der Waals surface area contributed by atoms with Crippen LogP contribution in [0.15, 0.2) is 30.9 Å². The molecule has 0 aliphatic carbocycles. The standard InChI is InChI=1S/C11H14FNO/c1-3-8(2)14-11-5-4-10(12)6-9(11)7-13/h3-6,8H,1,7,13H2,2H3. The van der Waals surface area contributed by atoms with Gasteiger partial charge in [0.2, 0.25) is 0 Å². The van der Waals surface area contributed by atoms with Crippen molar-refractivity contribution < 1.29 is 9.13 Å². The molecule has 0 aliphatic heterocycles. The number of nitrogens with two attached hydrogens (primary N) is 1. The van der Waals surface area contributed by atoms with Crippen molar-refractivity contribution in [3.63, 3.8) is 0 Å². The van der Waals surface area contributed by atoms with Crippen molar-refractivity contribution >= 4 is 0 Å². The summed E-state index contributed by atoms with van der Waals surface area (Å²) in [6, 6.07) is 4.31. The zero-order chi connectivity index (χ0) is 10.6. The summed E-state index contributed by atoms with van der Waals surface area (Å²) in [5, 5.41) is 0. The normalized spacial score (nSPS) is 12.2. The SMILES string of the molecule is C=CC(C)Oc1ccc(F)cc1CN. The molecular weight excluding hydrogens is 181 g/mol. The van der Waals surface area contributed by atoms with E-state index in [1.54, 1.807) is 12.1 Å². The number of hydrogen-bond donors (Lipinski definition) is 1. The van der Waals surface area contributed by atoms with Gasteiger partial charge in [0, 0.05) is 12.1 Å². The van der Waals surface area contributed by atoms with E-state index in [-0.39, 0.29) is 18.5 Å². The third-order valence-electron chi connectivity index (χ3n) is 1.89. The van der Waals surface area contributed by atoms with Crippen LogP contribution in [0.3, 0.4) is 0 Å². The molecule has 0 bridgehead atoms. The Balaban J connectivity index is 2.90. The van der Waals surface area contributed by atoms with Crippen LogP contribution in [0, 0.1) is 5.82 Å². The van der Waals surface area contributed by atoms with Crippen LogP contribution in [0.2, 0.25) is 0 Å². The van der Waals surface area contributed by atoms with E-state index in [1.165, 1.54) is 12.1 Å². The molecule has 3 heteroatoms. The Bertz CT molecular complexity index is 325. The molecule has 0 spiro atoms. The van der Waals surface area contributed by atoms with Crippen LogP contribution >= 0.6 is 0 Å². The maximum Gasteiger partial charge on any atom is 0.124 e. The lowest BCUT2D eigenvalue weighted by molar-refractivity contribution is 0.267. The number of benzene rings is 1. The van der Waals surface area contributed by atoms with Gasteiger partial charge < -0.3 is 10.5 Å². The minimum absolute atomic E-state index is 0.106. The summed E-state index contributed by atoms with van der Waals surface area (Å²) < 4.78 is 18.3. The van der Waals surface area contributed by atoms with E-state index in [1.807, 2.05) is 6.92 Å². The molecule has 0 aliphatic rings. The highest BCUT2D eigenvalue weighted by Gasteiger charge is 2.05. The summed E-state index contributed by atoms with van der Waals surface area (Å²) in [5.41, 5.74) is 6.13. The number of rotatable bonds is 4. The van der Waals surface area contributed by atoms with Crippen molar-refractivity contribution in [2.24, 2.45) is 5.73 Å². The highest BCUT2D eigenvalue weighted by molar-refractivity contribution is 5.34. The molecule has 14 heavy (non-hydrogen) atoms. The first-order valence-corrected chi connectivity index (χ1v) is 4.45. The van der Waals surface area contributed by atoms with Gasteiger partial charge in [-0.05, 0) is 25.1 Å². The molecule has 0 heterocycles. The van der Waals surface area contributed by atoms with Gasteiger partial charge in [0.15, 0.2) is 0 Å². The molecule has 0 fully saturated rings. The third-order valence-corrected chi connectivity index (χ3v) is 1.89. The maximum absolute atomic E-state index is 12.8. The monoisotopic (exact) mass is 195 g/mol. The Morgan fingerprint density at radius 1 is 1.64 bits per heavy atom. The van der Waals surface area contributed by atoms with Crippen molar-refractivity contribution in [1.29, 1.82) is 0 Å². The Hall–Kier alpha value is -1.35. The molecule has 0 saturated carbocycles. The molecule has 0 aromatic heterocycles. The van der Waals surface area contributed by atoms with Gasteiger partial charge in [-0.1, -0.05) is 12.7 Å². The summed E-state index contributed by atoms with van der Waals surface area (Å²) in [7, 11) is 0. The van der Waals surface area contributed by atoms with Crippen molar-refractivity contribution in [1.82, 2.24) is 0 Å². The van der Waals surface area contributed by atoms with Gasteiger partial charge in [0.25, 0.3) is 0 Å². The third kappa shape index (κ3) is 2.57. The van der Waals surface area contributed by atoms with Gasteiger partial charge in [0.1, 0.15) is 17.7 Å². The molecule has 1 unspecified atom stereocenters. The fraction of sp³-hybridized carbons (Fsp3) is 0.273. The quantitative estimate of drug-likeness (QED) is 0.748. The van der Waals surface area contributed by atoms with Crippen LogP contribution in [-0.4, -0.2) is 6.10 Å². The lowest BCUT2D eigenvalue weighted by Crippen LogP contribution is -2.10. The highest BCUT2D eigenvalue weighted by atomic mass is 19.1. The van der Waals surface area contributed by atoms with Crippen molar-refractivity contribution in [2.75, 3.05) is 0 Å². The summed E-state index contributed by atoms with van der Waals surface area (Å²) >= 11 is 0. The van der Waals surface area contributed by atoms with Crippen LogP contribution in [0.1, 0.15) is 12.5 Å². The second kappa shape index (κ2) is 4.77. The number of ether oxygens (including phenoxy) is 1. The minimum atomic E-state index is -0.302. The van der Waals surface area contributed by atoms with Crippen LogP contribution in [-0.2, 0) is 6.54 Å². The fourth-order valence-corrected chi connectivity index (χ4v) is 1.07. The first-order chi connectivity index (χ1) is 6.67. The van der Waals surface area contributed by atoms with Gasteiger partial charge in [-0.15, -0.1) is 0 Å². The lowest BCUT2D eigenvalue weighted by atomic mass is 10.2. The molecule has 2 nitrogen and oxygen atoms in total. The molecule has 1 aromatic carbocycles. The lowest BCUT2D eigenvalue weighted by Gasteiger charge is -2.13. The molecule has 1 rings (SSSR count). The first-order valence-electron chi connectivity index (χ1n) is 4.45. The van der Waals surface area contributed by atoms with Gasteiger partial charge in [-0.25, -0.2) is 4.39 Å². The summed E-state index contributed by atoms with van der Waals surface area (Å²) in [4.78, 5) is 0. The Morgan fingerprint density at radius 3 is 2.93 bits per heavy atom. The maximum atomic E-state index is 12.8. The van der Waals surface area contributed by atoms with Crippen LogP contribution in [0.25, 0.3) is 0 Å². The molecule has 1 atom stereocenters. The van der Waals surface area contributed by atoms with Crippen LogP contribution < -0.4 is 10.5 Å². The molecule has 1 aromatic rings. The largest absolute Gasteiger partial charge is 0.486 e. The fourth-order valence-electron chi connectivity index (χ4n) is 1.07. The minimum Gasteiger partial charge on any atom is -0.486 e. The van der Waals surface area contributed by atoms with Crippen molar-refractivity contribution in [3.8, 4) is 5.75 Å². The second-order valence-electron chi connectivity index (χ2n) is 3.01. The van der Waals surface area contributed by atoms with Crippen molar-refractivity contribution in [3.05, 3.63) is 42.2 Å². The predicted molar refractivity (Wildman–Crippen MR) is 54.6 cm³/mol. The van der Waals surface area contributed by atoms with E-state index in [4.69, 9.17) is 10.5 Å². The molecule has 0 saturated heterocycles. The van der Waals surface area contributed by atoms with Gasteiger partial charge >= 0.3 is 0 Å². The zero-order valence-corrected chi connectivity index (χ0v) is 8.16. The molecular formula is C11H14FNO. The van der Waals surface area contributed by atoms with Gasteiger partial charge in [-0.3, -0.25) is 0 Å². The molecule has 0 amide bonds. The van der Waals surface area contributed by atoms with E-state index in [2.05, 4.69) is 6.58 Å². The Kier molecular flexibility index (Phi) is 3.65. The van der Waals surface area contributed by atoms with E-state index in [9.17, 15) is 4.39 Å². The van der Waals surface area contributed by atoms with Crippen LogP contribution in [0.4, 0.5) is 4.39 Å². The first kappa shape index (κ1) is 10.7. The Morgan fingerprint density at radius 2 is 2.36 bits per heavy atom. The summed E-state index contributed by atoms with van der Waals surface area (Å²) in [6.45, 7) is 5.72. The van der Waals surface area contributed by atoms with Gasteiger partial charge in [-0.2, -0.15) is 0 Å². The summed E-state index contributed by atoms with van der Waals surface area (Å²) in [5.74, 6) is 0.311. The summed E-state index contributed by atoms with van der Waals surface area (Å²) in [6.07, 6.45) is 1.56. The van der Waals surface area contributed by atoms with E-state index in [0.29, 0.717) is 11.3 Å². The number of halogens is 1. The second-order valence-corrected chi connectivity index (χ2v) is 3.01. The average Bonchev–Trinajstić information content (AvgIpc) is 2.20. The smallest absolute Gasteiger partial charge is 0.124 e. The topological polar surface area (TPSA) is 35.2 Å². The highest BCUT2D eigenvalue weighted by Crippen LogP contribution is 2.20. The molecule has 76 valence electrons.